The molecule has 0 saturated carbocycles. The van der Waals surface area contributed by atoms with Crippen LogP contribution in [0.5, 0.6) is 11.5 Å². The summed E-state index contributed by atoms with van der Waals surface area (Å²) in [6.07, 6.45) is 0.0589. The first-order valence-corrected chi connectivity index (χ1v) is 9.77. The van der Waals surface area contributed by atoms with Crippen molar-refractivity contribution in [2.45, 2.75) is 39.4 Å². The van der Waals surface area contributed by atoms with E-state index in [1.807, 2.05) is 30.3 Å². The lowest BCUT2D eigenvalue weighted by Crippen LogP contribution is -2.33. The van der Waals surface area contributed by atoms with Crippen LogP contribution in [0.15, 0.2) is 48.5 Å². The molecule has 7 heteroatoms. The molecule has 2 aromatic carbocycles. The number of methoxy groups -OCH3 is 1. The van der Waals surface area contributed by atoms with Crippen LogP contribution in [0, 0.1) is 0 Å². The highest BCUT2D eigenvalue weighted by atomic mass is 16.6. The van der Waals surface area contributed by atoms with E-state index in [2.05, 4.69) is 5.32 Å². The highest BCUT2D eigenvalue weighted by molar-refractivity contribution is 5.92. The van der Waals surface area contributed by atoms with Crippen molar-refractivity contribution in [3.8, 4) is 11.5 Å². The second kappa shape index (κ2) is 11.1. The summed E-state index contributed by atoms with van der Waals surface area (Å²) in [5, 5.41) is 2.67. The van der Waals surface area contributed by atoms with E-state index >= 15 is 0 Å². The SMILES string of the molecule is COC(=O)c1ccc(OCc2ccccc2)cc1OCCCNC(=O)OC(C)(C)C. The van der Waals surface area contributed by atoms with Gasteiger partial charge in [0.2, 0.25) is 0 Å². The van der Waals surface area contributed by atoms with Gasteiger partial charge in [0.1, 0.15) is 29.3 Å². The molecule has 0 radical (unpaired) electrons. The Morgan fingerprint density at radius 3 is 2.40 bits per heavy atom. The first-order chi connectivity index (χ1) is 14.3. The maximum atomic E-state index is 12.0. The van der Waals surface area contributed by atoms with Crippen molar-refractivity contribution in [3.63, 3.8) is 0 Å². The van der Waals surface area contributed by atoms with Crippen LogP contribution in [0.2, 0.25) is 0 Å². The summed E-state index contributed by atoms with van der Waals surface area (Å²) in [7, 11) is 1.32. The Morgan fingerprint density at radius 1 is 1.00 bits per heavy atom. The molecule has 162 valence electrons. The number of ether oxygens (including phenoxy) is 4. The van der Waals surface area contributed by atoms with Gasteiger partial charge in [0.25, 0.3) is 0 Å². The molecule has 1 N–H and O–H groups in total. The molecule has 2 aromatic rings. The average Bonchev–Trinajstić information content (AvgIpc) is 2.71. The molecule has 0 atom stereocenters. The lowest BCUT2D eigenvalue weighted by Gasteiger charge is -2.19. The molecule has 30 heavy (non-hydrogen) atoms. The molecule has 7 nitrogen and oxygen atoms in total. The number of carbonyl (C=O) groups excluding carboxylic acids is 2. The molecular weight excluding hydrogens is 386 g/mol. The van der Waals surface area contributed by atoms with Crippen LogP contribution < -0.4 is 14.8 Å². The van der Waals surface area contributed by atoms with Crippen LogP contribution in [0.3, 0.4) is 0 Å². The second-order valence-electron chi connectivity index (χ2n) is 7.55. The summed E-state index contributed by atoms with van der Waals surface area (Å²) in [5.74, 6) is 0.449. The number of amides is 1. The number of rotatable bonds is 9. The van der Waals surface area contributed by atoms with Crippen molar-refractivity contribution in [1.82, 2.24) is 5.32 Å². The minimum absolute atomic E-state index is 0.294. The molecule has 0 saturated heterocycles. The number of benzene rings is 2. The third kappa shape index (κ3) is 8.03. The Bertz CT molecular complexity index is 829. The summed E-state index contributed by atoms with van der Waals surface area (Å²) in [6, 6.07) is 14.7. The third-order valence-electron chi connectivity index (χ3n) is 3.85. The van der Waals surface area contributed by atoms with E-state index in [1.54, 1.807) is 39.0 Å². The Hall–Kier alpha value is -3.22. The summed E-state index contributed by atoms with van der Waals surface area (Å²) >= 11 is 0. The molecule has 0 aromatic heterocycles. The molecule has 0 bridgehead atoms. The molecule has 0 aliphatic heterocycles. The van der Waals surface area contributed by atoms with Crippen molar-refractivity contribution in [1.29, 1.82) is 0 Å². The third-order valence-corrected chi connectivity index (χ3v) is 3.85. The Morgan fingerprint density at radius 2 is 1.73 bits per heavy atom. The first kappa shape index (κ1) is 23.1. The number of hydrogen-bond acceptors (Lipinski definition) is 6. The maximum absolute atomic E-state index is 12.0. The van der Waals surface area contributed by atoms with Gasteiger partial charge in [0, 0.05) is 12.6 Å². The van der Waals surface area contributed by atoms with Crippen molar-refractivity contribution in [2.75, 3.05) is 20.3 Å². The topological polar surface area (TPSA) is 83.1 Å². The second-order valence-corrected chi connectivity index (χ2v) is 7.55. The van der Waals surface area contributed by atoms with E-state index in [0.29, 0.717) is 43.2 Å². The number of nitrogens with one attached hydrogen (secondary N) is 1. The van der Waals surface area contributed by atoms with E-state index in [0.717, 1.165) is 5.56 Å². The molecule has 1 amide bonds. The van der Waals surface area contributed by atoms with E-state index in [-0.39, 0.29) is 0 Å². The number of carbonyl (C=O) groups is 2. The summed E-state index contributed by atoms with van der Waals surface area (Å²) in [4.78, 5) is 23.7. The minimum atomic E-state index is -0.545. The van der Waals surface area contributed by atoms with Crippen molar-refractivity contribution in [2.24, 2.45) is 0 Å². The van der Waals surface area contributed by atoms with Crippen LogP contribution in [0.25, 0.3) is 0 Å². The minimum Gasteiger partial charge on any atom is -0.492 e. The molecule has 0 fully saturated rings. The Balaban J connectivity index is 1.91. The van der Waals surface area contributed by atoms with Crippen LogP contribution >= 0.6 is 0 Å². The van der Waals surface area contributed by atoms with Crippen LogP contribution in [0.1, 0.15) is 43.1 Å². The van der Waals surface area contributed by atoms with Gasteiger partial charge in [-0.05, 0) is 44.9 Å². The van der Waals surface area contributed by atoms with Crippen LogP contribution in [-0.2, 0) is 16.1 Å². The fourth-order valence-electron chi connectivity index (χ4n) is 2.49. The van der Waals surface area contributed by atoms with E-state index < -0.39 is 17.7 Å². The van der Waals surface area contributed by atoms with E-state index in [1.165, 1.54) is 7.11 Å². The highest BCUT2D eigenvalue weighted by Gasteiger charge is 2.16. The van der Waals surface area contributed by atoms with Gasteiger partial charge in [0.05, 0.1) is 13.7 Å². The monoisotopic (exact) mass is 415 g/mol. The van der Waals surface area contributed by atoms with Gasteiger partial charge in [-0.2, -0.15) is 0 Å². The maximum Gasteiger partial charge on any atom is 0.407 e. The first-order valence-electron chi connectivity index (χ1n) is 9.77. The van der Waals surface area contributed by atoms with Gasteiger partial charge in [-0.15, -0.1) is 0 Å². The van der Waals surface area contributed by atoms with Gasteiger partial charge in [0.15, 0.2) is 0 Å². The summed E-state index contributed by atoms with van der Waals surface area (Å²) in [5.41, 5.74) is 0.797. The van der Waals surface area contributed by atoms with Crippen LogP contribution in [-0.4, -0.2) is 37.9 Å². The largest absolute Gasteiger partial charge is 0.492 e. The zero-order valence-corrected chi connectivity index (χ0v) is 17.9. The van der Waals surface area contributed by atoms with Gasteiger partial charge in [-0.3, -0.25) is 0 Å². The zero-order chi connectivity index (χ0) is 22.0. The van der Waals surface area contributed by atoms with Gasteiger partial charge < -0.3 is 24.3 Å². The standard InChI is InChI=1S/C23H29NO6/c1-23(2,3)30-22(26)24-13-8-14-28-20-15-18(11-12-19(20)21(25)27-4)29-16-17-9-6-5-7-10-17/h5-7,9-12,15H,8,13-14,16H2,1-4H3,(H,24,26). The molecule has 0 spiro atoms. The zero-order valence-electron chi connectivity index (χ0n) is 17.9. The van der Waals surface area contributed by atoms with E-state index in [4.69, 9.17) is 18.9 Å². The quantitative estimate of drug-likeness (QED) is 0.484. The molecule has 2 rings (SSSR count). The van der Waals surface area contributed by atoms with Gasteiger partial charge >= 0.3 is 12.1 Å². The predicted molar refractivity (Wildman–Crippen MR) is 113 cm³/mol. The molecule has 0 unspecified atom stereocenters. The van der Waals surface area contributed by atoms with Gasteiger partial charge in [-0.1, -0.05) is 30.3 Å². The highest BCUT2D eigenvalue weighted by Crippen LogP contribution is 2.26. The average molecular weight is 415 g/mol. The smallest absolute Gasteiger partial charge is 0.407 e. The number of alkyl carbamates (subject to hydrolysis) is 1. The summed E-state index contributed by atoms with van der Waals surface area (Å²) < 4.78 is 21.6. The van der Waals surface area contributed by atoms with Gasteiger partial charge in [-0.25, -0.2) is 9.59 Å². The normalized spacial score (nSPS) is 10.8. The Labute approximate surface area is 177 Å². The molecule has 0 heterocycles. The fourth-order valence-corrected chi connectivity index (χ4v) is 2.49. The molecule has 0 aliphatic carbocycles. The molecular formula is C23H29NO6. The lowest BCUT2D eigenvalue weighted by atomic mass is 10.2. The number of hydrogen-bond donors (Lipinski definition) is 1. The van der Waals surface area contributed by atoms with Crippen molar-refractivity contribution < 1.29 is 28.5 Å². The fraction of sp³-hybridized carbons (Fsp3) is 0.391. The lowest BCUT2D eigenvalue weighted by molar-refractivity contribution is 0.0525. The van der Waals surface area contributed by atoms with Crippen molar-refractivity contribution in [3.05, 3.63) is 59.7 Å². The van der Waals surface area contributed by atoms with E-state index in [9.17, 15) is 9.59 Å². The predicted octanol–water partition coefficient (Wildman–Crippen LogP) is 4.35. The summed E-state index contributed by atoms with van der Waals surface area (Å²) in [6.45, 7) is 6.48. The Kier molecular flexibility index (Phi) is 8.53. The number of esters is 1. The van der Waals surface area contributed by atoms with Crippen molar-refractivity contribution >= 4 is 12.1 Å². The molecule has 0 aliphatic rings. The van der Waals surface area contributed by atoms with Crippen LogP contribution in [0.4, 0.5) is 4.79 Å².